The summed E-state index contributed by atoms with van der Waals surface area (Å²) in [6.45, 7) is 0.676. The van der Waals surface area contributed by atoms with Crippen molar-refractivity contribution in [3.63, 3.8) is 0 Å². The van der Waals surface area contributed by atoms with Crippen LogP contribution >= 0.6 is 23.2 Å². The van der Waals surface area contributed by atoms with Crippen LogP contribution in [-0.4, -0.2) is 45.6 Å². The van der Waals surface area contributed by atoms with Gasteiger partial charge in [-0.15, -0.1) is 0 Å². The molecule has 126 valence electrons. The van der Waals surface area contributed by atoms with Gasteiger partial charge in [0.25, 0.3) is 0 Å². The molecule has 0 radical (unpaired) electrons. The molecular formula is C18H19Cl2N3O. The Kier molecular flexibility index (Phi) is 3.22. The first kappa shape index (κ1) is 15.1. The Morgan fingerprint density at radius 1 is 1.04 bits per heavy atom. The zero-order valence-electron chi connectivity index (χ0n) is 13.5. The van der Waals surface area contributed by atoms with Crippen molar-refractivity contribution < 1.29 is 4.79 Å². The van der Waals surface area contributed by atoms with E-state index in [-0.39, 0.29) is 6.03 Å². The number of halogens is 2. The first-order chi connectivity index (χ1) is 11.5. The third-order valence-electron chi connectivity index (χ3n) is 6.19. The molecule has 4 nitrogen and oxygen atoms in total. The Labute approximate surface area is 150 Å². The van der Waals surface area contributed by atoms with Crippen molar-refractivity contribution in [1.82, 2.24) is 14.4 Å². The third-order valence-corrected chi connectivity index (χ3v) is 6.73. The summed E-state index contributed by atoms with van der Waals surface area (Å²) in [6.07, 6.45) is 4.70. The van der Waals surface area contributed by atoms with Crippen LogP contribution in [0.15, 0.2) is 18.2 Å². The predicted octanol–water partition coefficient (Wildman–Crippen LogP) is 4.36. The zero-order valence-corrected chi connectivity index (χ0v) is 15.0. The van der Waals surface area contributed by atoms with Gasteiger partial charge in [-0.3, -0.25) is 4.57 Å². The van der Waals surface area contributed by atoms with E-state index in [4.69, 9.17) is 23.2 Å². The van der Waals surface area contributed by atoms with Crippen LogP contribution in [-0.2, 0) is 6.54 Å². The molecule has 24 heavy (non-hydrogen) atoms. The molecule has 5 rings (SSSR count). The summed E-state index contributed by atoms with van der Waals surface area (Å²) < 4.78 is 1.80. The number of benzene rings is 1. The van der Waals surface area contributed by atoms with Gasteiger partial charge in [0.05, 0.1) is 17.1 Å². The van der Waals surface area contributed by atoms with Crippen molar-refractivity contribution in [2.45, 2.75) is 50.4 Å². The van der Waals surface area contributed by atoms with Crippen LogP contribution in [0.5, 0.6) is 0 Å². The standard InChI is InChI=1S/C18H19Cl2N3O/c1-21-11-2-3-12(21)7-13(6-11)22-9-14-8-15-16(20)4-10(19)5-17(15)23(14)18(22)24/h4-5,8,11-13H,2-3,6-7,9H2,1H3. The molecule has 6 heteroatoms. The van der Waals surface area contributed by atoms with Gasteiger partial charge in [-0.1, -0.05) is 23.2 Å². The van der Waals surface area contributed by atoms with Crippen molar-refractivity contribution in [1.29, 1.82) is 0 Å². The van der Waals surface area contributed by atoms with Crippen molar-refractivity contribution in [2.24, 2.45) is 0 Å². The molecule has 2 aromatic rings. The van der Waals surface area contributed by atoms with Crippen molar-refractivity contribution in [3.05, 3.63) is 33.9 Å². The Hall–Kier alpha value is -1.23. The van der Waals surface area contributed by atoms with Gasteiger partial charge in [-0.2, -0.15) is 0 Å². The fourth-order valence-corrected chi connectivity index (χ4v) is 5.46. The van der Waals surface area contributed by atoms with Gasteiger partial charge in [-0.05, 0) is 50.9 Å². The lowest BCUT2D eigenvalue weighted by atomic mass is 9.97. The van der Waals surface area contributed by atoms with Gasteiger partial charge in [0.15, 0.2) is 0 Å². The van der Waals surface area contributed by atoms with Gasteiger partial charge in [0.2, 0.25) is 0 Å². The monoisotopic (exact) mass is 363 g/mol. The van der Waals surface area contributed by atoms with Crippen LogP contribution in [0.3, 0.4) is 0 Å². The molecule has 2 saturated heterocycles. The molecule has 3 aliphatic heterocycles. The predicted molar refractivity (Wildman–Crippen MR) is 95.9 cm³/mol. The van der Waals surface area contributed by atoms with E-state index < -0.39 is 0 Å². The lowest BCUT2D eigenvalue weighted by Crippen LogP contribution is -2.49. The molecule has 1 aromatic heterocycles. The fourth-order valence-electron chi connectivity index (χ4n) is 4.92. The molecule has 0 N–H and O–H groups in total. The molecule has 0 aliphatic carbocycles. The second kappa shape index (κ2) is 5.13. The van der Waals surface area contributed by atoms with Crippen LogP contribution < -0.4 is 0 Å². The van der Waals surface area contributed by atoms with Crippen molar-refractivity contribution in [3.8, 4) is 0 Å². The Balaban J connectivity index is 1.50. The maximum absolute atomic E-state index is 13.1. The molecule has 2 unspecified atom stereocenters. The van der Waals surface area contributed by atoms with E-state index in [1.54, 1.807) is 10.6 Å². The number of carbonyl (C=O) groups is 1. The molecule has 4 heterocycles. The molecule has 2 fully saturated rings. The number of amides is 1. The fraction of sp³-hybridized carbons (Fsp3) is 0.500. The van der Waals surface area contributed by atoms with E-state index in [1.165, 1.54) is 12.8 Å². The summed E-state index contributed by atoms with van der Waals surface area (Å²) in [7, 11) is 2.23. The Morgan fingerprint density at radius 3 is 2.46 bits per heavy atom. The molecule has 0 spiro atoms. The minimum atomic E-state index is 0.0762. The topological polar surface area (TPSA) is 28.5 Å². The number of aromatic nitrogens is 1. The molecule has 1 aromatic carbocycles. The van der Waals surface area contributed by atoms with E-state index in [2.05, 4.69) is 16.8 Å². The second-order valence-electron chi connectivity index (χ2n) is 7.38. The van der Waals surface area contributed by atoms with Crippen LogP contribution in [0, 0.1) is 0 Å². The highest BCUT2D eigenvalue weighted by Gasteiger charge is 2.43. The highest BCUT2D eigenvalue weighted by Crippen LogP contribution is 2.40. The second-order valence-corrected chi connectivity index (χ2v) is 8.22. The SMILES string of the molecule is CN1C2CCC1CC(N1Cc3cc4c(Cl)cc(Cl)cc4n3C1=O)C2. The van der Waals surface area contributed by atoms with E-state index in [1.807, 2.05) is 12.1 Å². The van der Waals surface area contributed by atoms with Crippen molar-refractivity contribution in [2.75, 3.05) is 7.05 Å². The van der Waals surface area contributed by atoms with Gasteiger partial charge < -0.3 is 9.80 Å². The van der Waals surface area contributed by atoms with E-state index in [0.29, 0.717) is 34.7 Å². The summed E-state index contributed by atoms with van der Waals surface area (Å²) in [5.74, 6) is 0. The third kappa shape index (κ3) is 2.00. The number of fused-ring (bicyclic) bond motifs is 5. The Bertz CT molecular complexity index is 848. The molecule has 3 aliphatic rings. The number of nitrogens with zero attached hydrogens (tertiary/aromatic N) is 3. The first-order valence-electron chi connectivity index (χ1n) is 8.55. The number of carbonyl (C=O) groups excluding carboxylic acids is 1. The summed E-state index contributed by atoms with van der Waals surface area (Å²) in [4.78, 5) is 17.7. The smallest absolute Gasteiger partial charge is 0.315 e. The van der Waals surface area contributed by atoms with Crippen LogP contribution in [0.4, 0.5) is 4.79 Å². The minimum Gasteiger partial charge on any atom is -0.315 e. The molecular weight excluding hydrogens is 345 g/mol. The number of rotatable bonds is 1. The van der Waals surface area contributed by atoms with Crippen LogP contribution in [0.1, 0.15) is 31.4 Å². The van der Waals surface area contributed by atoms with Gasteiger partial charge in [-0.25, -0.2) is 4.79 Å². The molecule has 1 amide bonds. The lowest BCUT2D eigenvalue weighted by molar-refractivity contribution is 0.0944. The first-order valence-corrected chi connectivity index (χ1v) is 9.31. The molecule has 0 saturated carbocycles. The molecule has 2 bridgehead atoms. The van der Waals surface area contributed by atoms with Crippen LogP contribution in [0.2, 0.25) is 10.0 Å². The highest BCUT2D eigenvalue weighted by atomic mass is 35.5. The van der Waals surface area contributed by atoms with Gasteiger partial charge in [0.1, 0.15) is 0 Å². The summed E-state index contributed by atoms with van der Waals surface area (Å²) in [5, 5.41) is 2.08. The van der Waals surface area contributed by atoms with E-state index in [9.17, 15) is 4.79 Å². The minimum absolute atomic E-state index is 0.0762. The number of piperidine rings is 1. The highest BCUT2D eigenvalue weighted by molar-refractivity contribution is 6.38. The average Bonchev–Trinajstić information content (AvgIpc) is 3.09. The summed E-state index contributed by atoms with van der Waals surface area (Å²) >= 11 is 12.4. The maximum Gasteiger partial charge on any atom is 0.329 e. The number of hydrogen-bond acceptors (Lipinski definition) is 2. The Morgan fingerprint density at radius 2 is 1.75 bits per heavy atom. The van der Waals surface area contributed by atoms with E-state index in [0.717, 1.165) is 29.4 Å². The number of hydrogen-bond donors (Lipinski definition) is 0. The lowest BCUT2D eigenvalue weighted by Gasteiger charge is -2.40. The van der Waals surface area contributed by atoms with E-state index >= 15 is 0 Å². The van der Waals surface area contributed by atoms with Gasteiger partial charge >= 0.3 is 6.03 Å². The zero-order chi connectivity index (χ0) is 16.6. The van der Waals surface area contributed by atoms with Gasteiger partial charge in [0, 0.05) is 34.2 Å². The molecule has 2 atom stereocenters. The van der Waals surface area contributed by atoms with Crippen LogP contribution in [0.25, 0.3) is 10.9 Å². The normalized spacial score (nSPS) is 29.7. The maximum atomic E-state index is 13.1. The average molecular weight is 364 g/mol. The summed E-state index contributed by atoms with van der Waals surface area (Å²) in [5.41, 5.74) is 1.84. The van der Waals surface area contributed by atoms with Crippen molar-refractivity contribution >= 4 is 40.1 Å². The summed E-state index contributed by atoms with van der Waals surface area (Å²) in [6, 6.07) is 7.28. The largest absolute Gasteiger partial charge is 0.329 e. The quantitative estimate of drug-likeness (QED) is 0.752.